The van der Waals surface area contributed by atoms with E-state index >= 15 is 0 Å². The molecule has 25 heavy (non-hydrogen) atoms. The normalized spacial score (nSPS) is 16.2. The van der Waals surface area contributed by atoms with E-state index in [1.165, 1.54) is 0 Å². The molecule has 3 rings (SSSR count). The van der Waals surface area contributed by atoms with Crippen molar-refractivity contribution in [1.29, 1.82) is 0 Å². The van der Waals surface area contributed by atoms with Gasteiger partial charge in [-0.25, -0.2) is 18.1 Å². The van der Waals surface area contributed by atoms with Gasteiger partial charge in [0.15, 0.2) is 0 Å². The van der Waals surface area contributed by atoms with Crippen LogP contribution in [0.5, 0.6) is 0 Å². The van der Waals surface area contributed by atoms with E-state index in [-0.39, 0.29) is 11.4 Å². The second-order valence-corrected chi connectivity index (χ2v) is 8.77. The van der Waals surface area contributed by atoms with Crippen LogP contribution in [0.25, 0.3) is 0 Å². The van der Waals surface area contributed by atoms with Gasteiger partial charge in [0, 0.05) is 43.4 Å². The zero-order valence-corrected chi connectivity index (χ0v) is 16.4. The lowest BCUT2D eigenvalue weighted by atomic mass is 10.2. The van der Waals surface area contributed by atoms with E-state index in [4.69, 9.17) is 0 Å². The molecule has 0 bridgehead atoms. The van der Waals surface area contributed by atoms with E-state index in [0.717, 1.165) is 42.0 Å². The molecule has 1 fully saturated rings. The Labute approximate surface area is 157 Å². The first-order valence-corrected chi connectivity index (χ1v) is 10.4. The molecule has 0 amide bonds. The van der Waals surface area contributed by atoms with Crippen LogP contribution in [-0.2, 0) is 16.6 Å². The second-order valence-electron chi connectivity index (χ2n) is 6.09. The molecule has 0 aliphatic carbocycles. The summed E-state index contributed by atoms with van der Waals surface area (Å²) in [4.78, 5) is 9.19. The molecular weight excluding hydrogens is 404 g/mol. The Morgan fingerprint density at radius 2 is 1.80 bits per heavy atom. The largest absolute Gasteiger partial charge is 0.354 e. The first kappa shape index (κ1) is 18.3. The summed E-state index contributed by atoms with van der Waals surface area (Å²) in [5, 5.41) is 0. The molecule has 0 spiro atoms. The maximum absolute atomic E-state index is 12.4. The van der Waals surface area contributed by atoms with Crippen molar-refractivity contribution >= 4 is 31.8 Å². The molecule has 1 N–H and O–H groups in total. The number of aromatic nitrogens is 1. The van der Waals surface area contributed by atoms with Crippen molar-refractivity contribution in [3.05, 3.63) is 52.6 Å². The Balaban J connectivity index is 1.67. The Bertz CT molecular complexity index is 819. The smallest absolute Gasteiger partial charge is 0.240 e. The Morgan fingerprint density at radius 1 is 1.12 bits per heavy atom. The number of anilines is 1. The zero-order chi connectivity index (χ0) is 17.9. The molecule has 2 aromatic rings. The summed E-state index contributed by atoms with van der Waals surface area (Å²) in [5.41, 5.74) is 0.893. The standard InChI is InChI=1S/C17H21BrN4O2S/c1-21-8-10-22(11-9-21)17-12-14(6-7-19-17)13-20-25(23,24)16-4-2-15(18)3-5-16/h2-7,12,20H,8-11,13H2,1H3. The number of benzene rings is 1. The van der Waals surface area contributed by atoms with E-state index < -0.39 is 10.0 Å². The minimum Gasteiger partial charge on any atom is -0.354 e. The maximum atomic E-state index is 12.4. The van der Waals surface area contributed by atoms with Crippen LogP contribution in [0.15, 0.2) is 52.0 Å². The Hall–Kier alpha value is -1.48. The van der Waals surface area contributed by atoms with Gasteiger partial charge in [0.1, 0.15) is 5.82 Å². The second kappa shape index (κ2) is 7.82. The average molecular weight is 425 g/mol. The highest BCUT2D eigenvalue weighted by molar-refractivity contribution is 9.10. The molecule has 1 aromatic heterocycles. The molecule has 1 aliphatic heterocycles. The number of hydrogen-bond donors (Lipinski definition) is 1. The van der Waals surface area contributed by atoms with Gasteiger partial charge in [-0.2, -0.15) is 0 Å². The molecule has 134 valence electrons. The van der Waals surface area contributed by atoms with Gasteiger partial charge in [-0.15, -0.1) is 0 Å². The number of pyridine rings is 1. The highest BCUT2D eigenvalue weighted by atomic mass is 79.9. The minimum absolute atomic E-state index is 0.238. The number of hydrogen-bond acceptors (Lipinski definition) is 5. The van der Waals surface area contributed by atoms with E-state index in [0.29, 0.717) is 0 Å². The van der Waals surface area contributed by atoms with Crippen molar-refractivity contribution in [2.45, 2.75) is 11.4 Å². The lowest BCUT2D eigenvalue weighted by Crippen LogP contribution is -2.44. The highest BCUT2D eigenvalue weighted by Gasteiger charge is 2.17. The fourth-order valence-electron chi connectivity index (χ4n) is 2.65. The Kier molecular flexibility index (Phi) is 5.73. The van der Waals surface area contributed by atoms with Gasteiger partial charge in [-0.3, -0.25) is 0 Å². The zero-order valence-electron chi connectivity index (χ0n) is 14.0. The van der Waals surface area contributed by atoms with Gasteiger partial charge >= 0.3 is 0 Å². The summed E-state index contributed by atoms with van der Waals surface area (Å²) < 4.78 is 28.3. The number of rotatable bonds is 5. The van der Waals surface area contributed by atoms with Crippen LogP contribution in [0, 0.1) is 0 Å². The van der Waals surface area contributed by atoms with Crippen LogP contribution in [0.1, 0.15) is 5.56 Å². The first-order chi connectivity index (χ1) is 11.9. The third-order valence-electron chi connectivity index (χ3n) is 4.23. The summed E-state index contributed by atoms with van der Waals surface area (Å²) in [6.07, 6.45) is 1.73. The minimum atomic E-state index is -3.53. The topological polar surface area (TPSA) is 65.5 Å². The van der Waals surface area contributed by atoms with Gasteiger partial charge in [0.25, 0.3) is 0 Å². The molecule has 0 radical (unpaired) electrons. The molecule has 0 unspecified atom stereocenters. The molecule has 8 heteroatoms. The van der Waals surface area contributed by atoms with Crippen LogP contribution in [0.2, 0.25) is 0 Å². The van der Waals surface area contributed by atoms with E-state index in [9.17, 15) is 8.42 Å². The van der Waals surface area contributed by atoms with Crippen molar-refractivity contribution in [2.75, 3.05) is 38.1 Å². The predicted molar refractivity (Wildman–Crippen MR) is 102 cm³/mol. The molecule has 6 nitrogen and oxygen atoms in total. The van der Waals surface area contributed by atoms with Gasteiger partial charge in [0.2, 0.25) is 10.0 Å². The third-order valence-corrected chi connectivity index (χ3v) is 6.17. The summed E-state index contributed by atoms with van der Waals surface area (Å²) in [6.45, 7) is 4.10. The number of likely N-dealkylation sites (N-methyl/N-ethyl adjacent to an activating group) is 1. The van der Waals surface area contributed by atoms with Crippen molar-refractivity contribution < 1.29 is 8.42 Å². The molecule has 1 aromatic carbocycles. The van der Waals surface area contributed by atoms with Gasteiger partial charge in [-0.05, 0) is 49.0 Å². The van der Waals surface area contributed by atoms with E-state index in [2.05, 4.69) is 42.5 Å². The average Bonchev–Trinajstić information content (AvgIpc) is 2.61. The van der Waals surface area contributed by atoms with Gasteiger partial charge in [-0.1, -0.05) is 15.9 Å². The van der Waals surface area contributed by atoms with Crippen LogP contribution < -0.4 is 9.62 Å². The maximum Gasteiger partial charge on any atom is 0.240 e. The van der Waals surface area contributed by atoms with E-state index in [1.54, 1.807) is 30.5 Å². The van der Waals surface area contributed by atoms with E-state index in [1.807, 2.05) is 12.1 Å². The lowest BCUT2D eigenvalue weighted by Gasteiger charge is -2.33. The monoisotopic (exact) mass is 424 g/mol. The molecule has 1 aliphatic rings. The van der Waals surface area contributed by atoms with Gasteiger partial charge < -0.3 is 9.80 Å². The number of nitrogens with zero attached hydrogens (tertiary/aromatic N) is 3. The van der Waals surface area contributed by atoms with Gasteiger partial charge in [0.05, 0.1) is 4.90 Å². The van der Waals surface area contributed by atoms with Crippen molar-refractivity contribution in [1.82, 2.24) is 14.6 Å². The molecule has 0 atom stereocenters. The summed E-state index contributed by atoms with van der Waals surface area (Å²) >= 11 is 3.31. The molecule has 0 saturated carbocycles. The van der Waals surface area contributed by atoms with Crippen LogP contribution in [-0.4, -0.2) is 51.5 Å². The summed E-state index contributed by atoms with van der Waals surface area (Å²) in [7, 11) is -1.42. The Morgan fingerprint density at radius 3 is 2.48 bits per heavy atom. The van der Waals surface area contributed by atoms with Crippen molar-refractivity contribution in [3.63, 3.8) is 0 Å². The highest BCUT2D eigenvalue weighted by Crippen LogP contribution is 2.17. The lowest BCUT2D eigenvalue weighted by molar-refractivity contribution is 0.312. The fraction of sp³-hybridized carbons (Fsp3) is 0.353. The fourth-order valence-corrected chi connectivity index (χ4v) is 3.94. The SMILES string of the molecule is CN1CCN(c2cc(CNS(=O)(=O)c3ccc(Br)cc3)ccn2)CC1. The molecule has 2 heterocycles. The summed E-state index contributed by atoms with van der Waals surface area (Å²) in [6, 6.07) is 10.4. The predicted octanol–water partition coefficient (Wildman–Crippen LogP) is 2.07. The number of piperazine rings is 1. The van der Waals surface area contributed by atoms with Crippen LogP contribution in [0.4, 0.5) is 5.82 Å². The number of halogens is 1. The van der Waals surface area contributed by atoms with Crippen LogP contribution in [0.3, 0.4) is 0 Å². The van der Waals surface area contributed by atoms with Crippen molar-refractivity contribution in [3.8, 4) is 0 Å². The number of sulfonamides is 1. The first-order valence-electron chi connectivity index (χ1n) is 8.08. The summed E-state index contributed by atoms with van der Waals surface area (Å²) in [5.74, 6) is 0.897. The van der Waals surface area contributed by atoms with Crippen molar-refractivity contribution in [2.24, 2.45) is 0 Å². The number of nitrogens with one attached hydrogen (secondary N) is 1. The molecule has 1 saturated heterocycles. The third kappa shape index (κ3) is 4.78. The molecular formula is C17H21BrN4O2S. The quantitative estimate of drug-likeness (QED) is 0.795. The van der Waals surface area contributed by atoms with Crippen LogP contribution >= 0.6 is 15.9 Å².